The molecule has 1 aromatic carbocycles. The van der Waals surface area contributed by atoms with Gasteiger partial charge in [0.1, 0.15) is 12.2 Å². The highest BCUT2D eigenvalue weighted by atomic mass is 15.1. The molecular weight excluding hydrogens is 274 g/mol. The van der Waals surface area contributed by atoms with Gasteiger partial charge in [-0.1, -0.05) is 26.8 Å². The van der Waals surface area contributed by atoms with Gasteiger partial charge in [0.25, 0.3) is 0 Å². The minimum atomic E-state index is -0.102. The molecule has 0 saturated heterocycles. The fraction of sp³-hybridized carbons (Fsp3) is 0.471. The summed E-state index contributed by atoms with van der Waals surface area (Å²) in [5.41, 5.74) is 1.92. The van der Waals surface area contributed by atoms with E-state index in [0.29, 0.717) is 5.95 Å². The van der Waals surface area contributed by atoms with Crippen molar-refractivity contribution < 1.29 is 0 Å². The van der Waals surface area contributed by atoms with Crippen LogP contribution in [0.5, 0.6) is 0 Å². The van der Waals surface area contributed by atoms with Crippen molar-refractivity contribution in [3.63, 3.8) is 0 Å². The van der Waals surface area contributed by atoms with Gasteiger partial charge in [-0.3, -0.25) is 0 Å². The number of hydrogen-bond acceptors (Lipinski definition) is 5. The Morgan fingerprint density at radius 1 is 0.909 bits per heavy atom. The average Bonchev–Trinajstić information content (AvgIpc) is 2.36. The van der Waals surface area contributed by atoms with Crippen LogP contribution in [0.15, 0.2) is 30.6 Å². The van der Waals surface area contributed by atoms with Crippen LogP contribution in [0.2, 0.25) is 0 Å². The lowest BCUT2D eigenvalue weighted by atomic mass is 9.96. The predicted octanol–water partition coefficient (Wildman–Crippen LogP) is 4.12. The first-order valence-corrected chi connectivity index (χ1v) is 7.48. The van der Waals surface area contributed by atoms with Crippen LogP contribution in [0, 0.1) is 0 Å². The van der Waals surface area contributed by atoms with E-state index in [-0.39, 0.29) is 11.0 Å². The summed E-state index contributed by atoms with van der Waals surface area (Å²) >= 11 is 0. The zero-order chi connectivity index (χ0) is 16.4. The van der Waals surface area contributed by atoms with E-state index in [1.807, 2.05) is 24.3 Å². The molecule has 5 nitrogen and oxygen atoms in total. The van der Waals surface area contributed by atoms with Gasteiger partial charge in [0.05, 0.1) is 0 Å². The van der Waals surface area contributed by atoms with Gasteiger partial charge < -0.3 is 10.6 Å². The molecule has 0 unspecified atom stereocenters. The molecule has 2 rings (SSSR count). The largest absolute Gasteiger partial charge is 0.380 e. The van der Waals surface area contributed by atoms with Crippen LogP contribution in [-0.4, -0.2) is 20.5 Å². The number of nitrogens with one attached hydrogen (secondary N) is 2. The van der Waals surface area contributed by atoms with E-state index in [4.69, 9.17) is 0 Å². The first kappa shape index (κ1) is 16.2. The monoisotopic (exact) mass is 299 g/mol. The van der Waals surface area contributed by atoms with Crippen molar-refractivity contribution in [2.75, 3.05) is 10.6 Å². The normalized spacial score (nSPS) is 12.1. The molecule has 5 heteroatoms. The highest BCUT2D eigenvalue weighted by Crippen LogP contribution is 2.22. The van der Waals surface area contributed by atoms with Crippen LogP contribution in [0.1, 0.15) is 47.4 Å². The van der Waals surface area contributed by atoms with Crippen LogP contribution in [0.4, 0.5) is 17.3 Å². The summed E-state index contributed by atoms with van der Waals surface area (Å²) < 4.78 is 0. The molecule has 0 amide bonds. The van der Waals surface area contributed by atoms with E-state index in [2.05, 4.69) is 67.1 Å². The zero-order valence-electron chi connectivity index (χ0n) is 14.2. The lowest BCUT2D eigenvalue weighted by Gasteiger charge is -2.22. The predicted molar refractivity (Wildman–Crippen MR) is 91.6 cm³/mol. The van der Waals surface area contributed by atoms with Crippen molar-refractivity contribution >= 4 is 17.3 Å². The Balaban J connectivity index is 2.19. The van der Waals surface area contributed by atoms with Gasteiger partial charge in [-0.25, -0.2) is 9.97 Å². The Hall–Kier alpha value is -2.17. The number of aromatic nitrogens is 3. The molecule has 0 aliphatic carbocycles. The zero-order valence-corrected chi connectivity index (χ0v) is 14.2. The van der Waals surface area contributed by atoms with Gasteiger partial charge in [-0.15, -0.1) is 0 Å². The molecule has 0 saturated carbocycles. The Bertz CT molecular complexity index is 638. The summed E-state index contributed by atoms with van der Waals surface area (Å²) in [4.78, 5) is 12.9. The SMILES string of the molecule is CC(C)(C)Nc1cccc(Nc2ncnc(C(C)(C)C)n2)c1. The Morgan fingerprint density at radius 2 is 1.59 bits per heavy atom. The van der Waals surface area contributed by atoms with E-state index < -0.39 is 0 Å². The van der Waals surface area contributed by atoms with E-state index in [0.717, 1.165) is 17.2 Å². The number of hydrogen-bond donors (Lipinski definition) is 2. The molecule has 2 N–H and O–H groups in total. The minimum absolute atomic E-state index is 0.0190. The van der Waals surface area contributed by atoms with E-state index in [1.54, 1.807) is 6.33 Å². The third-order valence-electron chi connectivity index (χ3n) is 2.88. The van der Waals surface area contributed by atoms with Crippen molar-refractivity contribution in [3.8, 4) is 0 Å². The lowest BCUT2D eigenvalue weighted by molar-refractivity contribution is 0.542. The maximum atomic E-state index is 4.49. The Labute approximate surface area is 132 Å². The molecular formula is C17H25N5. The number of benzene rings is 1. The Morgan fingerprint density at radius 3 is 2.23 bits per heavy atom. The number of anilines is 3. The van der Waals surface area contributed by atoms with Crippen molar-refractivity contribution in [1.82, 2.24) is 15.0 Å². The molecule has 0 aliphatic rings. The van der Waals surface area contributed by atoms with Crippen molar-refractivity contribution in [2.24, 2.45) is 0 Å². The molecule has 0 radical (unpaired) electrons. The molecule has 0 aliphatic heterocycles. The van der Waals surface area contributed by atoms with Crippen LogP contribution in [0.3, 0.4) is 0 Å². The standard InChI is InChI=1S/C17H25N5/c1-16(2,3)14-18-11-19-15(21-14)20-12-8-7-9-13(10-12)22-17(4,5)6/h7-11,22H,1-6H3,(H,18,19,20,21). The molecule has 0 fully saturated rings. The molecule has 118 valence electrons. The molecule has 2 aromatic rings. The van der Waals surface area contributed by atoms with Crippen molar-refractivity contribution in [1.29, 1.82) is 0 Å². The molecule has 1 heterocycles. The minimum Gasteiger partial charge on any atom is -0.380 e. The fourth-order valence-electron chi connectivity index (χ4n) is 1.95. The lowest BCUT2D eigenvalue weighted by Crippen LogP contribution is -2.25. The second-order valence-electron chi connectivity index (χ2n) is 7.46. The maximum absolute atomic E-state index is 4.49. The number of nitrogens with zero attached hydrogens (tertiary/aromatic N) is 3. The molecule has 1 aromatic heterocycles. The first-order chi connectivity index (χ1) is 10.1. The van der Waals surface area contributed by atoms with Crippen LogP contribution < -0.4 is 10.6 Å². The fourth-order valence-corrected chi connectivity index (χ4v) is 1.95. The summed E-state index contributed by atoms with van der Waals surface area (Å²) in [6.45, 7) is 12.7. The van der Waals surface area contributed by atoms with Gasteiger partial charge in [0.15, 0.2) is 0 Å². The second-order valence-corrected chi connectivity index (χ2v) is 7.46. The second kappa shape index (κ2) is 5.91. The van der Waals surface area contributed by atoms with Crippen LogP contribution in [-0.2, 0) is 5.41 Å². The topological polar surface area (TPSA) is 62.7 Å². The summed E-state index contributed by atoms with van der Waals surface area (Å²) in [6, 6.07) is 8.09. The van der Waals surface area contributed by atoms with E-state index in [9.17, 15) is 0 Å². The van der Waals surface area contributed by atoms with E-state index >= 15 is 0 Å². The van der Waals surface area contributed by atoms with Gasteiger partial charge in [0, 0.05) is 22.3 Å². The van der Waals surface area contributed by atoms with Gasteiger partial charge >= 0.3 is 0 Å². The average molecular weight is 299 g/mol. The smallest absolute Gasteiger partial charge is 0.230 e. The first-order valence-electron chi connectivity index (χ1n) is 7.48. The van der Waals surface area contributed by atoms with Crippen molar-refractivity contribution in [3.05, 3.63) is 36.4 Å². The van der Waals surface area contributed by atoms with Crippen molar-refractivity contribution in [2.45, 2.75) is 52.5 Å². The van der Waals surface area contributed by atoms with Gasteiger partial charge in [-0.2, -0.15) is 4.98 Å². The third kappa shape index (κ3) is 4.69. The molecule has 0 spiro atoms. The van der Waals surface area contributed by atoms with E-state index in [1.165, 1.54) is 0 Å². The highest BCUT2D eigenvalue weighted by molar-refractivity contribution is 5.61. The molecule has 22 heavy (non-hydrogen) atoms. The Kier molecular flexibility index (Phi) is 4.35. The summed E-state index contributed by atoms with van der Waals surface area (Å²) in [5.74, 6) is 1.34. The highest BCUT2D eigenvalue weighted by Gasteiger charge is 2.18. The van der Waals surface area contributed by atoms with Crippen LogP contribution >= 0.6 is 0 Å². The summed E-state index contributed by atoms with van der Waals surface area (Å²) in [7, 11) is 0. The van der Waals surface area contributed by atoms with Gasteiger partial charge in [-0.05, 0) is 39.0 Å². The molecule has 0 bridgehead atoms. The number of rotatable bonds is 3. The van der Waals surface area contributed by atoms with Gasteiger partial charge in [0.2, 0.25) is 5.95 Å². The summed E-state index contributed by atoms with van der Waals surface area (Å²) in [5, 5.41) is 6.69. The molecule has 0 atom stereocenters. The third-order valence-corrected chi connectivity index (χ3v) is 2.88. The maximum Gasteiger partial charge on any atom is 0.230 e. The summed E-state index contributed by atoms with van der Waals surface area (Å²) in [6.07, 6.45) is 1.55. The van der Waals surface area contributed by atoms with Crippen LogP contribution in [0.25, 0.3) is 0 Å². The quantitative estimate of drug-likeness (QED) is 0.892.